The summed E-state index contributed by atoms with van der Waals surface area (Å²) in [5, 5.41) is 0. The Bertz CT molecular complexity index is 692. The van der Waals surface area contributed by atoms with Crippen molar-refractivity contribution in [3.63, 3.8) is 0 Å². The fourth-order valence-corrected chi connectivity index (χ4v) is 2.84. The molecule has 0 amide bonds. The van der Waals surface area contributed by atoms with Crippen LogP contribution in [-0.4, -0.2) is 19.5 Å². The zero-order chi connectivity index (χ0) is 17.1. The fourth-order valence-electron chi connectivity index (χ4n) is 2.84. The predicted molar refractivity (Wildman–Crippen MR) is 93.5 cm³/mol. The molecule has 24 heavy (non-hydrogen) atoms. The van der Waals surface area contributed by atoms with E-state index in [1.165, 1.54) is 5.56 Å². The van der Waals surface area contributed by atoms with Gasteiger partial charge in [0.2, 0.25) is 6.79 Å². The van der Waals surface area contributed by atoms with E-state index in [0.717, 1.165) is 28.6 Å². The van der Waals surface area contributed by atoms with Gasteiger partial charge in [-0.15, -0.1) is 0 Å². The molecule has 1 atom stereocenters. The van der Waals surface area contributed by atoms with Crippen molar-refractivity contribution in [2.75, 3.05) is 13.4 Å². The first-order chi connectivity index (χ1) is 11.6. The monoisotopic (exact) mass is 328 g/mol. The minimum Gasteiger partial charge on any atom is -0.493 e. The first-order valence-electron chi connectivity index (χ1n) is 8.41. The highest BCUT2D eigenvalue weighted by Crippen LogP contribution is 2.42. The maximum atomic E-state index is 5.82. The fraction of sp³-hybridized carbons (Fsp3) is 0.400. The molecule has 0 spiro atoms. The molecule has 4 nitrogen and oxygen atoms in total. The average molecular weight is 328 g/mol. The Balaban J connectivity index is 1.89. The van der Waals surface area contributed by atoms with Crippen molar-refractivity contribution in [2.24, 2.45) is 0 Å². The number of ether oxygens (including phenoxy) is 4. The predicted octanol–water partition coefficient (Wildman–Crippen LogP) is 4.75. The minimum atomic E-state index is 0.173. The van der Waals surface area contributed by atoms with E-state index in [0.29, 0.717) is 6.61 Å². The van der Waals surface area contributed by atoms with Gasteiger partial charge in [0.25, 0.3) is 0 Å². The lowest BCUT2D eigenvalue weighted by atomic mass is 9.92. The summed E-state index contributed by atoms with van der Waals surface area (Å²) in [6.07, 6.45) is 0.173. The van der Waals surface area contributed by atoms with Gasteiger partial charge in [-0.1, -0.05) is 19.1 Å². The molecule has 4 heteroatoms. The highest BCUT2D eigenvalue weighted by atomic mass is 16.7. The Labute approximate surface area is 143 Å². The van der Waals surface area contributed by atoms with Crippen LogP contribution >= 0.6 is 0 Å². The number of benzene rings is 2. The van der Waals surface area contributed by atoms with E-state index in [-0.39, 0.29) is 18.8 Å². The topological polar surface area (TPSA) is 36.9 Å². The summed E-state index contributed by atoms with van der Waals surface area (Å²) in [7, 11) is 0. The molecular weight excluding hydrogens is 304 g/mol. The number of rotatable bonds is 6. The van der Waals surface area contributed by atoms with Crippen LogP contribution in [0.1, 0.15) is 44.7 Å². The maximum Gasteiger partial charge on any atom is 0.231 e. The van der Waals surface area contributed by atoms with Gasteiger partial charge in [-0.05, 0) is 44.5 Å². The van der Waals surface area contributed by atoms with Gasteiger partial charge < -0.3 is 18.9 Å². The molecule has 0 aliphatic carbocycles. The van der Waals surface area contributed by atoms with E-state index >= 15 is 0 Å². The van der Waals surface area contributed by atoms with Gasteiger partial charge in [0, 0.05) is 17.5 Å². The SMILES string of the molecule is CCOc1cc2c(cc1[C@@H](C)c1ccc(OC(C)C)cc1)OCO2. The standard InChI is InChI=1S/C20H24O4/c1-5-21-18-11-20-19(22-12-23-20)10-17(18)14(4)15-6-8-16(9-7-15)24-13(2)3/h6-11,13-14H,5,12H2,1-4H3/t14-/m0/s1. The normalized spacial score (nSPS) is 13.9. The van der Waals surface area contributed by atoms with Crippen molar-refractivity contribution in [2.45, 2.75) is 39.7 Å². The number of fused-ring (bicyclic) bond motifs is 1. The molecule has 0 unspecified atom stereocenters. The first-order valence-corrected chi connectivity index (χ1v) is 8.41. The van der Waals surface area contributed by atoms with Crippen LogP contribution in [0.25, 0.3) is 0 Å². The molecule has 0 aromatic heterocycles. The zero-order valence-corrected chi connectivity index (χ0v) is 14.7. The van der Waals surface area contributed by atoms with E-state index in [1.807, 2.05) is 45.0 Å². The van der Waals surface area contributed by atoms with Crippen molar-refractivity contribution < 1.29 is 18.9 Å². The second-order valence-corrected chi connectivity index (χ2v) is 6.13. The van der Waals surface area contributed by atoms with E-state index in [9.17, 15) is 0 Å². The first kappa shape index (κ1) is 16.5. The summed E-state index contributed by atoms with van der Waals surface area (Å²) in [6.45, 7) is 9.07. The number of hydrogen-bond donors (Lipinski definition) is 0. The van der Waals surface area contributed by atoms with Crippen molar-refractivity contribution in [3.8, 4) is 23.0 Å². The molecule has 1 heterocycles. The Morgan fingerprint density at radius 1 is 1.00 bits per heavy atom. The third-order valence-corrected chi connectivity index (χ3v) is 4.02. The molecule has 2 aromatic rings. The van der Waals surface area contributed by atoms with Crippen LogP contribution in [0.15, 0.2) is 36.4 Å². The van der Waals surface area contributed by atoms with Crippen LogP contribution in [0.4, 0.5) is 0 Å². The van der Waals surface area contributed by atoms with Gasteiger partial charge in [-0.25, -0.2) is 0 Å². The molecule has 0 fully saturated rings. The van der Waals surface area contributed by atoms with Gasteiger partial charge >= 0.3 is 0 Å². The van der Waals surface area contributed by atoms with E-state index in [1.54, 1.807) is 0 Å². The molecule has 0 saturated carbocycles. The largest absolute Gasteiger partial charge is 0.493 e. The third kappa shape index (κ3) is 3.42. The van der Waals surface area contributed by atoms with Gasteiger partial charge in [0.05, 0.1) is 12.7 Å². The zero-order valence-electron chi connectivity index (χ0n) is 14.7. The lowest BCUT2D eigenvalue weighted by Crippen LogP contribution is -2.06. The Morgan fingerprint density at radius 3 is 2.29 bits per heavy atom. The summed E-state index contributed by atoms with van der Waals surface area (Å²) < 4.78 is 22.5. The van der Waals surface area contributed by atoms with E-state index in [4.69, 9.17) is 18.9 Å². The Hall–Kier alpha value is -2.36. The molecule has 0 bridgehead atoms. The average Bonchev–Trinajstić information content (AvgIpc) is 3.01. The molecule has 128 valence electrons. The number of hydrogen-bond acceptors (Lipinski definition) is 4. The van der Waals surface area contributed by atoms with Gasteiger partial charge in [0.1, 0.15) is 11.5 Å². The molecule has 1 aliphatic heterocycles. The Morgan fingerprint density at radius 2 is 1.67 bits per heavy atom. The minimum absolute atomic E-state index is 0.173. The molecule has 0 radical (unpaired) electrons. The van der Waals surface area contributed by atoms with Crippen LogP contribution < -0.4 is 18.9 Å². The second-order valence-electron chi connectivity index (χ2n) is 6.13. The van der Waals surface area contributed by atoms with Crippen molar-refractivity contribution in [3.05, 3.63) is 47.5 Å². The van der Waals surface area contributed by atoms with Crippen LogP contribution in [0.3, 0.4) is 0 Å². The van der Waals surface area contributed by atoms with Crippen LogP contribution in [0, 0.1) is 0 Å². The van der Waals surface area contributed by atoms with E-state index < -0.39 is 0 Å². The van der Waals surface area contributed by atoms with Gasteiger partial charge in [-0.3, -0.25) is 0 Å². The Kier molecular flexibility index (Phi) is 4.84. The molecule has 2 aromatic carbocycles. The maximum absolute atomic E-state index is 5.82. The summed E-state index contributed by atoms with van der Waals surface area (Å²) >= 11 is 0. The lowest BCUT2D eigenvalue weighted by Gasteiger charge is -2.18. The smallest absolute Gasteiger partial charge is 0.231 e. The quantitative estimate of drug-likeness (QED) is 0.766. The molecule has 3 rings (SSSR count). The van der Waals surface area contributed by atoms with Gasteiger partial charge in [-0.2, -0.15) is 0 Å². The summed E-state index contributed by atoms with van der Waals surface area (Å²) in [5.41, 5.74) is 2.30. The van der Waals surface area contributed by atoms with Crippen LogP contribution in [-0.2, 0) is 0 Å². The highest BCUT2D eigenvalue weighted by molar-refractivity contribution is 5.54. The van der Waals surface area contributed by atoms with Crippen LogP contribution in [0.2, 0.25) is 0 Å². The van der Waals surface area contributed by atoms with Crippen LogP contribution in [0.5, 0.6) is 23.0 Å². The van der Waals surface area contributed by atoms with Crippen molar-refractivity contribution >= 4 is 0 Å². The summed E-state index contributed by atoms with van der Waals surface area (Å²) in [5.74, 6) is 3.43. The molecule has 0 N–H and O–H groups in total. The third-order valence-electron chi connectivity index (χ3n) is 4.02. The lowest BCUT2D eigenvalue weighted by molar-refractivity contribution is 0.173. The molecular formula is C20H24O4. The highest BCUT2D eigenvalue weighted by Gasteiger charge is 2.22. The second kappa shape index (κ2) is 7.04. The van der Waals surface area contributed by atoms with Crippen molar-refractivity contribution in [1.29, 1.82) is 0 Å². The summed E-state index contributed by atoms with van der Waals surface area (Å²) in [4.78, 5) is 0. The van der Waals surface area contributed by atoms with E-state index in [2.05, 4.69) is 19.1 Å². The molecule has 0 saturated heterocycles. The molecule has 1 aliphatic rings. The summed E-state index contributed by atoms with van der Waals surface area (Å²) in [6, 6.07) is 12.2. The van der Waals surface area contributed by atoms with Crippen molar-refractivity contribution in [1.82, 2.24) is 0 Å². The van der Waals surface area contributed by atoms with Gasteiger partial charge in [0.15, 0.2) is 11.5 Å².